The van der Waals surface area contributed by atoms with Crippen molar-refractivity contribution in [2.24, 2.45) is 5.92 Å². The molecule has 7 atom stereocenters. The van der Waals surface area contributed by atoms with Gasteiger partial charge in [-0.2, -0.15) is 0 Å². The molecule has 3 saturated heterocycles. The van der Waals surface area contributed by atoms with Gasteiger partial charge in [-0.25, -0.2) is 13.6 Å². The van der Waals surface area contributed by atoms with Crippen molar-refractivity contribution in [1.82, 2.24) is 30.7 Å². The van der Waals surface area contributed by atoms with Gasteiger partial charge >= 0.3 is 5.97 Å². The van der Waals surface area contributed by atoms with E-state index in [0.29, 0.717) is 25.3 Å². The Hall–Kier alpha value is -4.89. The lowest BCUT2D eigenvalue weighted by atomic mass is 9.99. The molecular formula is C40H56F2N6O8. The van der Waals surface area contributed by atoms with Gasteiger partial charge in [-0.3, -0.25) is 28.8 Å². The average Bonchev–Trinajstić information content (AvgIpc) is 3.83. The second-order valence-corrected chi connectivity index (χ2v) is 15.1. The van der Waals surface area contributed by atoms with E-state index in [1.165, 1.54) is 41.7 Å². The summed E-state index contributed by atoms with van der Waals surface area (Å²) in [4.78, 5) is 100.0. The lowest BCUT2D eigenvalue weighted by molar-refractivity contribution is -0.158. The zero-order valence-corrected chi connectivity index (χ0v) is 33.0. The molecule has 3 aliphatic heterocycles. The lowest BCUT2D eigenvalue weighted by Gasteiger charge is -2.34. The number of allylic oxidation sites excluding steroid dienone is 1. The fourth-order valence-corrected chi connectivity index (χ4v) is 7.44. The Labute approximate surface area is 327 Å². The second kappa shape index (κ2) is 20.3. The molecular weight excluding hydrogens is 730 g/mol. The molecule has 0 spiro atoms. The van der Waals surface area contributed by atoms with Crippen molar-refractivity contribution in [3.63, 3.8) is 0 Å². The first-order valence-electron chi connectivity index (χ1n) is 19.7. The molecule has 6 amide bonds. The van der Waals surface area contributed by atoms with Gasteiger partial charge in [0.2, 0.25) is 35.4 Å². The van der Waals surface area contributed by atoms with Crippen LogP contribution in [-0.4, -0.2) is 119 Å². The van der Waals surface area contributed by atoms with E-state index >= 15 is 0 Å². The van der Waals surface area contributed by atoms with E-state index in [1.807, 2.05) is 13.8 Å². The quantitative estimate of drug-likeness (QED) is 0.165. The molecule has 0 aromatic heterocycles. The Bertz CT molecular complexity index is 1640. The maximum absolute atomic E-state index is 14.4. The number of ether oxygens (including phenoxy) is 1. The Morgan fingerprint density at radius 2 is 1.66 bits per heavy atom. The van der Waals surface area contributed by atoms with Crippen molar-refractivity contribution in [3.8, 4) is 0 Å². The summed E-state index contributed by atoms with van der Waals surface area (Å²) in [6.45, 7) is 6.73. The summed E-state index contributed by atoms with van der Waals surface area (Å²) in [7, 11) is 1.43. The number of esters is 1. The van der Waals surface area contributed by atoms with Gasteiger partial charge in [0.05, 0.1) is 0 Å². The number of nitrogens with one attached hydrogen (secondary N) is 3. The van der Waals surface area contributed by atoms with Gasteiger partial charge < -0.3 is 35.4 Å². The van der Waals surface area contributed by atoms with Crippen LogP contribution < -0.4 is 16.0 Å². The molecule has 0 unspecified atom stereocenters. The summed E-state index contributed by atoms with van der Waals surface area (Å²) in [5.41, 5.74) is 0.0536. The average molecular weight is 787 g/mol. The number of cyclic esters (lactones) is 1. The predicted octanol–water partition coefficient (Wildman–Crippen LogP) is 2.53. The number of carbonyl (C=O) groups is 7. The monoisotopic (exact) mass is 786 g/mol. The van der Waals surface area contributed by atoms with Crippen LogP contribution in [0.5, 0.6) is 0 Å². The van der Waals surface area contributed by atoms with Crippen molar-refractivity contribution in [1.29, 1.82) is 0 Å². The smallest absolute Gasteiger partial charge is 0.328 e. The minimum atomic E-state index is -1.57. The molecule has 1 aromatic carbocycles. The maximum atomic E-state index is 14.4. The van der Waals surface area contributed by atoms with Crippen LogP contribution in [0.25, 0.3) is 0 Å². The van der Waals surface area contributed by atoms with Crippen LogP contribution >= 0.6 is 0 Å². The highest BCUT2D eigenvalue weighted by Crippen LogP contribution is 2.29. The van der Waals surface area contributed by atoms with Crippen molar-refractivity contribution >= 4 is 41.4 Å². The number of fused-ring (bicyclic) bond motifs is 2. The van der Waals surface area contributed by atoms with Crippen molar-refractivity contribution < 1.29 is 47.1 Å². The molecule has 3 aliphatic rings. The normalized spacial score (nSPS) is 25.8. The van der Waals surface area contributed by atoms with E-state index in [1.54, 1.807) is 6.08 Å². The first-order chi connectivity index (χ1) is 26.6. The summed E-state index contributed by atoms with van der Waals surface area (Å²) in [5, 5.41) is 7.83. The highest BCUT2D eigenvalue weighted by atomic mass is 19.1. The van der Waals surface area contributed by atoms with E-state index in [4.69, 9.17) is 4.74 Å². The molecule has 3 heterocycles. The number of rotatable bonds is 12. The lowest BCUT2D eigenvalue weighted by Crippen LogP contribution is -2.60. The van der Waals surface area contributed by atoms with Gasteiger partial charge in [0, 0.05) is 32.6 Å². The van der Waals surface area contributed by atoms with Gasteiger partial charge in [-0.05, 0) is 75.6 Å². The zero-order chi connectivity index (χ0) is 41.1. The van der Waals surface area contributed by atoms with E-state index in [-0.39, 0.29) is 37.4 Å². The first-order valence-corrected chi connectivity index (χ1v) is 19.7. The molecule has 14 nitrogen and oxygen atoms in total. The molecule has 56 heavy (non-hydrogen) atoms. The molecule has 16 heteroatoms. The fourth-order valence-electron chi connectivity index (χ4n) is 7.44. The maximum Gasteiger partial charge on any atom is 0.328 e. The largest absolute Gasteiger partial charge is 0.461 e. The summed E-state index contributed by atoms with van der Waals surface area (Å²) in [6, 6.07) is -4.39. The standard InChI is InChI=1S/C40H56F2N6O8/c1-6-8-10-11-15-34(49)44-30(19-27-17-28(41)21-29(42)18-27)36(51)45-31-23-56-40(55)33-20-26(13-9-7-2)22-48(33)37(52)24(3)43-35(50)25(4)46(5)39(54)32-14-12-16-47(32)38(31)53/h11,15,17-18,21,24-26,30-33H,6-10,12-14,16,19-20,22-23H2,1-5H3,(H,43,50)(H,44,49)(H,45,51)/t24-,25-,26+,30-,31-,32-,33-/m0/s1. The summed E-state index contributed by atoms with van der Waals surface area (Å²) >= 11 is 0. The minimum absolute atomic E-state index is 0.0281. The molecule has 0 radical (unpaired) electrons. The van der Waals surface area contributed by atoms with Crippen LogP contribution in [0, 0.1) is 17.6 Å². The Morgan fingerprint density at radius 3 is 2.34 bits per heavy atom. The summed E-state index contributed by atoms with van der Waals surface area (Å²) in [6.07, 6.45) is 8.34. The molecule has 308 valence electrons. The van der Waals surface area contributed by atoms with Crippen LogP contribution in [-0.2, 0) is 44.7 Å². The van der Waals surface area contributed by atoms with E-state index in [9.17, 15) is 42.3 Å². The third-order valence-electron chi connectivity index (χ3n) is 10.8. The van der Waals surface area contributed by atoms with E-state index in [2.05, 4.69) is 16.0 Å². The van der Waals surface area contributed by atoms with E-state index < -0.39 is 95.9 Å². The number of amides is 6. The van der Waals surface area contributed by atoms with Crippen molar-refractivity contribution in [2.45, 2.75) is 128 Å². The van der Waals surface area contributed by atoms with Gasteiger partial charge in [0.1, 0.15) is 54.5 Å². The molecule has 0 aliphatic carbocycles. The summed E-state index contributed by atoms with van der Waals surface area (Å²) < 4.78 is 34.1. The van der Waals surface area contributed by atoms with Crippen LogP contribution in [0.3, 0.4) is 0 Å². The predicted molar refractivity (Wildman–Crippen MR) is 201 cm³/mol. The van der Waals surface area contributed by atoms with Crippen LogP contribution in [0.15, 0.2) is 30.4 Å². The van der Waals surface area contributed by atoms with Crippen LogP contribution in [0.2, 0.25) is 0 Å². The first kappa shape index (κ1) is 43.8. The Balaban J connectivity index is 1.69. The highest BCUT2D eigenvalue weighted by Gasteiger charge is 2.45. The molecule has 1 aromatic rings. The highest BCUT2D eigenvalue weighted by molar-refractivity contribution is 5.98. The Morgan fingerprint density at radius 1 is 0.964 bits per heavy atom. The number of halogens is 2. The zero-order valence-electron chi connectivity index (χ0n) is 33.0. The number of benzene rings is 1. The van der Waals surface area contributed by atoms with Gasteiger partial charge in [-0.15, -0.1) is 0 Å². The van der Waals surface area contributed by atoms with Gasteiger partial charge in [0.15, 0.2) is 0 Å². The molecule has 0 bridgehead atoms. The number of nitrogens with zero attached hydrogens (tertiary/aromatic N) is 3. The molecule has 4 rings (SSSR count). The fraction of sp³-hybridized carbons (Fsp3) is 0.625. The van der Waals surface area contributed by atoms with E-state index in [0.717, 1.165) is 44.2 Å². The number of hydrogen-bond acceptors (Lipinski definition) is 8. The second-order valence-electron chi connectivity index (χ2n) is 15.1. The van der Waals surface area contributed by atoms with Crippen LogP contribution in [0.1, 0.15) is 91.0 Å². The number of likely N-dealkylation sites (N-methyl/N-ethyl adjacent to an activating group) is 1. The number of carbonyl (C=O) groups excluding carboxylic acids is 7. The number of hydrogen-bond donors (Lipinski definition) is 3. The number of unbranched alkanes of at least 4 members (excludes halogenated alkanes) is 3. The van der Waals surface area contributed by atoms with Gasteiger partial charge in [-0.1, -0.05) is 45.6 Å². The topological polar surface area (TPSA) is 175 Å². The minimum Gasteiger partial charge on any atom is -0.461 e. The third-order valence-corrected chi connectivity index (χ3v) is 10.8. The van der Waals surface area contributed by atoms with Gasteiger partial charge in [0.25, 0.3) is 0 Å². The van der Waals surface area contributed by atoms with Crippen LogP contribution in [0.4, 0.5) is 8.78 Å². The summed E-state index contributed by atoms with van der Waals surface area (Å²) in [5.74, 6) is -6.59. The van der Waals surface area contributed by atoms with Crippen molar-refractivity contribution in [2.75, 3.05) is 26.7 Å². The third kappa shape index (κ3) is 11.3. The Kier molecular flexibility index (Phi) is 15.9. The molecule has 3 N–H and O–H groups in total. The molecule has 0 saturated carbocycles. The SMILES string of the molecule is CCCCC=CC(=O)N[C@@H](Cc1cc(F)cc(F)c1)C(=O)N[C@H]1COC(=O)[C@@H]2C[C@@H](CCCC)CN2C(=O)[C@H](C)NC(=O)[C@H](C)N(C)C(=O)[C@@H]2CCCN2C1=O. The molecule has 3 fully saturated rings. The van der Waals surface area contributed by atoms with Crippen molar-refractivity contribution in [3.05, 3.63) is 47.5 Å².